The predicted molar refractivity (Wildman–Crippen MR) is 112 cm³/mol. The van der Waals surface area contributed by atoms with Crippen LogP contribution in [0.25, 0.3) is 0 Å². The van der Waals surface area contributed by atoms with Gasteiger partial charge in [0.25, 0.3) is 5.91 Å². The van der Waals surface area contributed by atoms with Gasteiger partial charge in [-0.2, -0.15) is 0 Å². The molecule has 1 amide bonds. The summed E-state index contributed by atoms with van der Waals surface area (Å²) >= 11 is 12.2. The van der Waals surface area contributed by atoms with Gasteiger partial charge in [-0.05, 0) is 67.9 Å². The minimum absolute atomic E-state index is 0.164. The van der Waals surface area contributed by atoms with E-state index >= 15 is 0 Å². The van der Waals surface area contributed by atoms with E-state index in [1.807, 2.05) is 6.08 Å². The maximum Gasteiger partial charge on any atom is 0.258 e. The van der Waals surface area contributed by atoms with Crippen molar-refractivity contribution in [3.05, 3.63) is 76.0 Å². The molecule has 0 bridgehead atoms. The number of piperidine rings is 1. The Labute approximate surface area is 174 Å². The Balaban J connectivity index is 1.69. The second-order valence-electron chi connectivity index (χ2n) is 7.58. The molecule has 2 aliphatic rings. The standard InChI is InChI=1S/C22H21Cl2FN2O/c1-2-7-26-8-5-22(6-9-26)14-27(20-4-3-18(25)13-19(20)22)21(28)15-10-16(23)12-17(24)11-15/h2-4,10-13H,1,5-9,14H2. The van der Waals surface area contributed by atoms with Crippen LogP contribution in [0.2, 0.25) is 10.0 Å². The van der Waals surface area contributed by atoms with Gasteiger partial charge in [0.15, 0.2) is 0 Å². The van der Waals surface area contributed by atoms with E-state index in [0.29, 0.717) is 22.2 Å². The summed E-state index contributed by atoms with van der Waals surface area (Å²) in [4.78, 5) is 17.4. The Morgan fingerprint density at radius 2 is 1.82 bits per heavy atom. The van der Waals surface area contributed by atoms with Crippen LogP contribution in [-0.4, -0.2) is 37.0 Å². The van der Waals surface area contributed by atoms with Crippen molar-refractivity contribution < 1.29 is 9.18 Å². The third-order valence-electron chi connectivity index (χ3n) is 5.84. The molecule has 1 spiro atoms. The van der Waals surface area contributed by atoms with E-state index in [-0.39, 0.29) is 17.1 Å². The molecule has 0 N–H and O–H groups in total. The van der Waals surface area contributed by atoms with Crippen LogP contribution in [0, 0.1) is 5.82 Å². The van der Waals surface area contributed by atoms with Crippen LogP contribution in [0.4, 0.5) is 10.1 Å². The van der Waals surface area contributed by atoms with E-state index in [0.717, 1.165) is 43.7 Å². The molecular weight excluding hydrogens is 398 g/mol. The number of hydrogen-bond acceptors (Lipinski definition) is 2. The smallest absolute Gasteiger partial charge is 0.258 e. The van der Waals surface area contributed by atoms with Gasteiger partial charge in [0.05, 0.1) is 0 Å². The van der Waals surface area contributed by atoms with Crippen LogP contribution in [0.5, 0.6) is 0 Å². The first-order chi connectivity index (χ1) is 13.4. The molecule has 2 heterocycles. The van der Waals surface area contributed by atoms with Crippen LogP contribution >= 0.6 is 23.2 Å². The highest BCUT2D eigenvalue weighted by Gasteiger charge is 2.46. The zero-order valence-electron chi connectivity index (χ0n) is 15.4. The Kier molecular flexibility index (Phi) is 5.21. The van der Waals surface area contributed by atoms with Crippen LogP contribution in [0.1, 0.15) is 28.8 Å². The minimum Gasteiger partial charge on any atom is -0.307 e. The number of anilines is 1. The fraction of sp³-hybridized carbons (Fsp3) is 0.318. The van der Waals surface area contributed by atoms with Crippen LogP contribution < -0.4 is 4.90 Å². The number of nitrogens with zero attached hydrogens (tertiary/aromatic N) is 2. The summed E-state index contributed by atoms with van der Waals surface area (Å²) < 4.78 is 14.1. The van der Waals surface area contributed by atoms with Crippen molar-refractivity contribution in [2.45, 2.75) is 18.3 Å². The van der Waals surface area contributed by atoms with Crippen LogP contribution in [0.3, 0.4) is 0 Å². The first-order valence-electron chi connectivity index (χ1n) is 9.33. The number of rotatable bonds is 3. The quantitative estimate of drug-likeness (QED) is 0.630. The highest BCUT2D eigenvalue weighted by molar-refractivity contribution is 6.35. The van der Waals surface area contributed by atoms with Crippen molar-refractivity contribution in [2.75, 3.05) is 31.1 Å². The lowest BCUT2D eigenvalue weighted by Crippen LogP contribution is -2.46. The van der Waals surface area contributed by atoms with Crippen LogP contribution in [0.15, 0.2) is 49.1 Å². The summed E-state index contributed by atoms with van der Waals surface area (Å²) in [5.41, 5.74) is 1.91. The fourth-order valence-electron chi connectivity index (χ4n) is 4.43. The Bertz CT molecular complexity index is 918. The van der Waals surface area contributed by atoms with Gasteiger partial charge >= 0.3 is 0 Å². The summed E-state index contributed by atoms with van der Waals surface area (Å²) in [5.74, 6) is -0.436. The molecule has 0 atom stereocenters. The lowest BCUT2D eigenvalue weighted by Gasteiger charge is -2.39. The zero-order chi connectivity index (χ0) is 19.9. The molecule has 2 aliphatic heterocycles. The van der Waals surface area contributed by atoms with Crippen molar-refractivity contribution >= 4 is 34.8 Å². The van der Waals surface area contributed by atoms with Gasteiger partial charge in [-0.15, -0.1) is 6.58 Å². The van der Waals surface area contributed by atoms with E-state index in [9.17, 15) is 9.18 Å². The van der Waals surface area contributed by atoms with E-state index in [4.69, 9.17) is 23.2 Å². The lowest BCUT2D eigenvalue weighted by atomic mass is 9.74. The monoisotopic (exact) mass is 418 g/mol. The third kappa shape index (κ3) is 3.45. The first-order valence-corrected chi connectivity index (χ1v) is 10.1. The normalized spacial score (nSPS) is 18.3. The maximum absolute atomic E-state index is 14.1. The molecule has 0 aromatic heterocycles. The summed E-state index contributed by atoms with van der Waals surface area (Å²) in [6.07, 6.45) is 3.65. The number of carbonyl (C=O) groups is 1. The summed E-state index contributed by atoms with van der Waals surface area (Å²) in [6.45, 7) is 6.98. The molecule has 0 unspecified atom stereocenters. The molecule has 0 radical (unpaired) electrons. The van der Waals surface area contributed by atoms with E-state index in [2.05, 4.69) is 11.5 Å². The Hall–Kier alpha value is -1.88. The van der Waals surface area contributed by atoms with Crippen LogP contribution in [-0.2, 0) is 5.41 Å². The molecule has 146 valence electrons. The Morgan fingerprint density at radius 1 is 1.14 bits per heavy atom. The van der Waals surface area contributed by atoms with Gasteiger partial charge in [-0.25, -0.2) is 4.39 Å². The average Bonchev–Trinajstić information content (AvgIpc) is 2.96. The lowest BCUT2D eigenvalue weighted by molar-refractivity contribution is 0.0977. The number of halogens is 3. The molecule has 4 rings (SSSR count). The number of amides is 1. The number of hydrogen-bond donors (Lipinski definition) is 0. The molecule has 6 heteroatoms. The van der Waals surface area contributed by atoms with Gasteiger partial charge in [-0.3, -0.25) is 9.69 Å². The molecule has 1 fully saturated rings. The topological polar surface area (TPSA) is 23.6 Å². The second-order valence-corrected chi connectivity index (χ2v) is 8.45. The highest BCUT2D eigenvalue weighted by atomic mass is 35.5. The molecule has 2 aromatic rings. The molecule has 1 saturated heterocycles. The molecule has 28 heavy (non-hydrogen) atoms. The molecule has 3 nitrogen and oxygen atoms in total. The zero-order valence-corrected chi connectivity index (χ0v) is 16.9. The number of carbonyl (C=O) groups excluding carboxylic acids is 1. The molecule has 2 aromatic carbocycles. The van der Waals surface area contributed by atoms with E-state index < -0.39 is 0 Å². The summed E-state index contributed by atoms with van der Waals surface area (Å²) in [5, 5.41) is 0.837. The van der Waals surface area contributed by atoms with Gasteiger partial charge in [0.1, 0.15) is 5.82 Å². The molecule has 0 aliphatic carbocycles. The fourth-order valence-corrected chi connectivity index (χ4v) is 4.96. The van der Waals surface area contributed by atoms with Crippen molar-refractivity contribution in [1.29, 1.82) is 0 Å². The van der Waals surface area contributed by atoms with E-state index in [1.54, 1.807) is 35.2 Å². The van der Waals surface area contributed by atoms with Crippen molar-refractivity contribution in [1.82, 2.24) is 4.90 Å². The summed E-state index contributed by atoms with van der Waals surface area (Å²) in [7, 11) is 0. The number of fused-ring (bicyclic) bond motifs is 2. The number of benzene rings is 2. The van der Waals surface area contributed by atoms with Gasteiger partial charge in [0.2, 0.25) is 0 Å². The van der Waals surface area contributed by atoms with Gasteiger partial charge < -0.3 is 4.90 Å². The maximum atomic E-state index is 14.1. The average molecular weight is 419 g/mol. The minimum atomic E-state index is -0.272. The second kappa shape index (κ2) is 7.51. The largest absolute Gasteiger partial charge is 0.307 e. The van der Waals surface area contributed by atoms with Crippen molar-refractivity contribution in [3.8, 4) is 0 Å². The number of likely N-dealkylation sites (tertiary alicyclic amines) is 1. The van der Waals surface area contributed by atoms with Gasteiger partial charge in [-0.1, -0.05) is 29.3 Å². The van der Waals surface area contributed by atoms with E-state index in [1.165, 1.54) is 6.07 Å². The predicted octanol–water partition coefficient (Wildman–Crippen LogP) is 5.31. The Morgan fingerprint density at radius 3 is 2.46 bits per heavy atom. The SMILES string of the molecule is C=CCN1CCC2(CC1)CN(C(=O)c1cc(Cl)cc(Cl)c1)c1ccc(F)cc12. The van der Waals surface area contributed by atoms with Crippen molar-refractivity contribution in [3.63, 3.8) is 0 Å². The molecule has 0 saturated carbocycles. The summed E-state index contributed by atoms with van der Waals surface area (Å²) in [6, 6.07) is 9.56. The van der Waals surface area contributed by atoms with Gasteiger partial charge in [0, 0.05) is 39.8 Å². The first kappa shape index (κ1) is 19.4. The molecular formula is C22H21Cl2FN2O. The van der Waals surface area contributed by atoms with Crippen molar-refractivity contribution in [2.24, 2.45) is 0 Å². The highest BCUT2D eigenvalue weighted by Crippen LogP contribution is 2.47. The third-order valence-corrected chi connectivity index (χ3v) is 6.27.